The second kappa shape index (κ2) is 8.13. The van der Waals surface area contributed by atoms with Gasteiger partial charge in [0.05, 0.1) is 24.7 Å². The number of carbonyl (C=O) groups is 2. The van der Waals surface area contributed by atoms with Crippen molar-refractivity contribution in [3.8, 4) is 10.8 Å². The lowest BCUT2D eigenvalue weighted by atomic mass is 9.97. The van der Waals surface area contributed by atoms with Crippen LogP contribution in [0, 0.1) is 5.92 Å². The van der Waals surface area contributed by atoms with Gasteiger partial charge in [0.1, 0.15) is 0 Å². The first-order valence-electron chi connectivity index (χ1n) is 8.12. The summed E-state index contributed by atoms with van der Waals surface area (Å²) in [5.41, 5.74) is 6.01. The predicted molar refractivity (Wildman–Crippen MR) is 93.3 cm³/mol. The van der Waals surface area contributed by atoms with Crippen molar-refractivity contribution < 1.29 is 9.59 Å². The Morgan fingerprint density at radius 1 is 1.36 bits per heavy atom. The summed E-state index contributed by atoms with van der Waals surface area (Å²) in [7, 11) is 0. The number of rotatable bonds is 6. The highest BCUT2D eigenvalue weighted by atomic mass is 32.1. The van der Waals surface area contributed by atoms with Gasteiger partial charge in [-0.15, -0.1) is 11.3 Å². The van der Waals surface area contributed by atoms with Crippen molar-refractivity contribution in [2.45, 2.75) is 19.4 Å². The van der Waals surface area contributed by atoms with E-state index < -0.39 is 0 Å². The molecule has 3 heterocycles. The Bertz CT molecular complexity index is 735. The molecule has 2 aromatic rings. The maximum absolute atomic E-state index is 12.4. The Morgan fingerprint density at radius 2 is 2.16 bits per heavy atom. The van der Waals surface area contributed by atoms with E-state index in [0.29, 0.717) is 18.9 Å². The molecule has 0 radical (unpaired) electrons. The first-order chi connectivity index (χ1) is 12.1. The van der Waals surface area contributed by atoms with Crippen LogP contribution < -0.4 is 11.1 Å². The van der Waals surface area contributed by atoms with Crippen LogP contribution in [0.1, 0.15) is 18.5 Å². The van der Waals surface area contributed by atoms with Crippen molar-refractivity contribution in [2.75, 3.05) is 19.6 Å². The van der Waals surface area contributed by atoms with Gasteiger partial charge >= 0.3 is 0 Å². The monoisotopic (exact) mass is 360 g/mol. The summed E-state index contributed by atoms with van der Waals surface area (Å²) < 4.78 is 0. The van der Waals surface area contributed by atoms with Crippen molar-refractivity contribution in [3.63, 3.8) is 0 Å². The average molecular weight is 360 g/mol. The minimum Gasteiger partial charge on any atom is -0.369 e. The van der Waals surface area contributed by atoms with Gasteiger partial charge in [0, 0.05) is 24.3 Å². The van der Waals surface area contributed by atoms with E-state index in [2.05, 4.69) is 20.3 Å². The van der Waals surface area contributed by atoms with Crippen molar-refractivity contribution in [3.05, 3.63) is 29.5 Å². The topological polar surface area (TPSA) is 114 Å². The van der Waals surface area contributed by atoms with E-state index in [1.807, 2.05) is 10.3 Å². The molecule has 1 atom stereocenters. The first-order valence-corrected chi connectivity index (χ1v) is 9.00. The van der Waals surface area contributed by atoms with Crippen LogP contribution in [0.4, 0.5) is 0 Å². The molecule has 0 saturated carbocycles. The quantitative estimate of drug-likeness (QED) is 0.771. The van der Waals surface area contributed by atoms with Gasteiger partial charge in [-0.2, -0.15) is 0 Å². The lowest BCUT2D eigenvalue weighted by Crippen LogP contribution is -2.45. The molecule has 0 aromatic carbocycles. The molecule has 2 amide bonds. The minimum absolute atomic E-state index is 0.0142. The van der Waals surface area contributed by atoms with Gasteiger partial charge in [-0.3, -0.25) is 14.5 Å². The zero-order valence-corrected chi connectivity index (χ0v) is 14.5. The number of nitrogens with two attached hydrogens (primary N) is 1. The Labute approximate surface area is 149 Å². The molecule has 25 heavy (non-hydrogen) atoms. The summed E-state index contributed by atoms with van der Waals surface area (Å²) >= 11 is 1.45. The molecule has 0 spiro atoms. The van der Waals surface area contributed by atoms with Gasteiger partial charge in [0.2, 0.25) is 11.8 Å². The number of nitrogens with one attached hydrogen (secondary N) is 1. The highest BCUT2D eigenvalue weighted by Gasteiger charge is 2.26. The SMILES string of the molecule is NC(=O)CN1CCC[C@@H](C(=O)NCc2csc(-c3ncccn3)n2)C1. The van der Waals surface area contributed by atoms with E-state index in [9.17, 15) is 9.59 Å². The van der Waals surface area contributed by atoms with Crippen molar-refractivity contribution in [1.82, 2.24) is 25.2 Å². The second-order valence-electron chi connectivity index (χ2n) is 5.97. The summed E-state index contributed by atoms with van der Waals surface area (Å²) in [5.74, 6) is 0.0852. The Balaban J connectivity index is 1.52. The van der Waals surface area contributed by atoms with Crippen LogP contribution in [0.2, 0.25) is 0 Å². The summed E-state index contributed by atoms with van der Waals surface area (Å²) in [6.07, 6.45) is 5.05. The molecule has 0 bridgehead atoms. The maximum Gasteiger partial charge on any atom is 0.231 e. The van der Waals surface area contributed by atoms with Crippen molar-refractivity contribution in [2.24, 2.45) is 11.7 Å². The summed E-state index contributed by atoms with van der Waals surface area (Å²) in [6, 6.07) is 1.75. The van der Waals surface area contributed by atoms with Gasteiger partial charge in [-0.25, -0.2) is 15.0 Å². The molecular weight excluding hydrogens is 340 g/mol. The third-order valence-corrected chi connectivity index (χ3v) is 4.90. The predicted octanol–water partition coefficient (Wildman–Crippen LogP) is 0.414. The molecule has 132 valence electrons. The van der Waals surface area contributed by atoms with Gasteiger partial charge in [0.25, 0.3) is 0 Å². The van der Waals surface area contributed by atoms with Crippen molar-refractivity contribution >= 4 is 23.2 Å². The van der Waals surface area contributed by atoms with Crippen LogP contribution in [0.25, 0.3) is 10.8 Å². The number of amides is 2. The van der Waals surface area contributed by atoms with Crippen LogP contribution in [-0.4, -0.2) is 51.3 Å². The van der Waals surface area contributed by atoms with E-state index >= 15 is 0 Å². The largest absolute Gasteiger partial charge is 0.369 e. The minimum atomic E-state index is -0.362. The van der Waals surface area contributed by atoms with Crippen LogP contribution in [0.15, 0.2) is 23.8 Å². The first kappa shape index (κ1) is 17.4. The number of thiazole rings is 1. The Morgan fingerprint density at radius 3 is 2.92 bits per heavy atom. The van der Waals surface area contributed by atoms with Crippen molar-refractivity contribution in [1.29, 1.82) is 0 Å². The van der Waals surface area contributed by atoms with Gasteiger partial charge in [-0.05, 0) is 25.5 Å². The number of aromatic nitrogens is 3. The van der Waals surface area contributed by atoms with Gasteiger partial charge in [-0.1, -0.05) is 0 Å². The summed E-state index contributed by atoms with van der Waals surface area (Å²) in [5, 5.41) is 5.56. The number of likely N-dealkylation sites (tertiary alicyclic amines) is 1. The molecule has 9 heteroatoms. The number of primary amides is 1. The van der Waals surface area contributed by atoms with E-state index in [0.717, 1.165) is 30.1 Å². The number of piperidine rings is 1. The van der Waals surface area contributed by atoms with E-state index in [1.54, 1.807) is 18.5 Å². The molecule has 3 N–H and O–H groups in total. The standard InChI is InChI=1S/C16H20N6O2S/c17-13(23)9-22-6-1-3-11(8-22)15(24)20-7-12-10-25-16(21-12)14-18-4-2-5-19-14/h2,4-5,10-11H,1,3,6-9H2,(H2,17,23)(H,20,24)/t11-/m1/s1. The third-order valence-electron chi connectivity index (χ3n) is 4.01. The Hall–Kier alpha value is -2.39. The van der Waals surface area contributed by atoms with E-state index in [-0.39, 0.29) is 24.3 Å². The number of carbonyl (C=O) groups excluding carboxylic acids is 2. The molecular formula is C16H20N6O2S. The van der Waals surface area contributed by atoms with Crippen LogP contribution in [-0.2, 0) is 16.1 Å². The highest BCUT2D eigenvalue weighted by Crippen LogP contribution is 2.20. The van der Waals surface area contributed by atoms with Crippen LogP contribution >= 0.6 is 11.3 Å². The van der Waals surface area contributed by atoms with E-state index in [1.165, 1.54) is 11.3 Å². The number of hydrogen-bond acceptors (Lipinski definition) is 7. The molecule has 1 aliphatic heterocycles. The molecule has 8 nitrogen and oxygen atoms in total. The zero-order valence-electron chi connectivity index (χ0n) is 13.7. The third kappa shape index (κ3) is 4.80. The lowest BCUT2D eigenvalue weighted by Gasteiger charge is -2.30. The molecule has 0 unspecified atom stereocenters. The molecule has 2 aromatic heterocycles. The normalized spacial score (nSPS) is 18.0. The fourth-order valence-corrected chi connectivity index (χ4v) is 3.62. The molecule has 1 fully saturated rings. The molecule has 3 rings (SSSR count). The number of hydrogen-bond donors (Lipinski definition) is 2. The van der Waals surface area contributed by atoms with Crippen LogP contribution in [0.3, 0.4) is 0 Å². The summed E-state index contributed by atoms with van der Waals surface area (Å²) in [4.78, 5) is 38.1. The number of nitrogens with zero attached hydrogens (tertiary/aromatic N) is 4. The fourth-order valence-electron chi connectivity index (χ4n) is 2.86. The average Bonchev–Trinajstić information content (AvgIpc) is 3.09. The lowest BCUT2D eigenvalue weighted by molar-refractivity contribution is -0.128. The van der Waals surface area contributed by atoms with E-state index in [4.69, 9.17) is 5.73 Å². The zero-order chi connectivity index (χ0) is 17.6. The summed E-state index contributed by atoms with van der Waals surface area (Å²) in [6.45, 7) is 1.94. The molecule has 0 aliphatic carbocycles. The second-order valence-corrected chi connectivity index (χ2v) is 6.83. The maximum atomic E-state index is 12.4. The molecule has 1 saturated heterocycles. The smallest absolute Gasteiger partial charge is 0.231 e. The van der Waals surface area contributed by atoms with Gasteiger partial charge in [0.15, 0.2) is 10.8 Å². The molecule has 1 aliphatic rings. The van der Waals surface area contributed by atoms with Crippen LogP contribution in [0.5, 0.6) is 0 Å². The Kier molecular flexibility index (Phi) is 5.67. The highest BCUT2D eigenvalue weighted by molar-refractivity contribution is 7.13. The van der Waals surface area contributed by atoms with Gasteiger partial charge < -0.3 is 11.1 Å². The fraction of sp³-hybridized carbons (Fsp3) is 0.438.